The Morgan fingerprint density at radius 1 is 0.828 bits per heavy atom. The third-order valence-corrected chi connectivity index (χ3v) is 3.46. The summed E-state index contributed by atoms with van der Waals surface area (Å²) < 4.78 is 77.5. The van der Waals surface area contributed by atoms with E-state index in [9.17, 15) is 26.3 Å². The van der Waals surface area contributed by atoms with Crippen molar-refractivity contribution in [1.29, 1.82) is 0 Å². The van der Waals surface area contributed by atoms with E-state index in [-0.39, 0.29) is 16.7 Å². The van der Waals surface area contributed by atoms with E-state index in [0.717, 1.165) is 24.3 Å². The highest BCUT2D eigenvalue weighted by molar-refractivity contribution is 5.81. The fourth-order valence-electron chi connectivity index (χ4n) is 2.28. The molecule has 0 aromatic heterocycles. The molecule has 0 saturated heterocycles. The highest BCUT2D eigenvalue weighted by Gasteiger charge is 2.32. The fraction of sp³-hybridized carbons (Fsp3) is 0.150. The molecule has 0 aliphatic rings. The largest absolute Gasteiger partial charge is 0.503 e. The molecule has 0 heterocycles. The molecule has 0 atom stereocenters. The zero-order valence-corrected chi connectivity index (χ0v) is 14.9. The van der Waals surface area contributed by atoms with Crippen molar-refractivity contribution in [2.24, 2.45) is 0 Å². The quantitative estimate of drug-likeness (QED) is 0.419. The van der Waals surface area contributed by atoms with E-state index in [1.165, 1.54) is 30.3 Å². The molecule has 2 N–H and O–H groups in total. The van der Waals surface area contributed by atoms with Gasteiger partial charge in [0.25, 0.3) is 0 Å². The molecule has 29 heavy (non-hydrogen) atoms. The Morgan fingerprint density at radius 2 is 1.21 bits per heavy atom. The Labute approximate surface area is 162 Å². The van der Waals surface area contributed by atoms with E-state index < -0.39 is 29.6 Å². The average Bonchev–Trinajstić information content (AvgIpc) is 2.61. The minimum absolute atomic E-state index is 0.187. The molecule has 0 aliphatic carbocycles. The van der Waals surface area contributed by atoms with Gasteiger partial charge in [-0.2, -0.15) is 26.3 Å². The SMILES string of the molecule is C/C=C/C=C(c1cccc(C(F)(F)F)c1)c1cccc(C(F)(F)F)c1.O=C(O)O. The van der Waals surface area contributed by atoms with Gasteiger partial charge >= 0.3 is 18.5 Å². The number of hydrogen-bond donors (Lipinski definition) is 2. The Kier molecular flexibility index (Phi) is 8.05. The highest BCUT2D eigenvalue weighted by Crippen LogP contribution is 2.35. The van der Waals surface area contributed by atoms with Gasteiger partial charge in [0.1, 0.15) is 0 Å². The van der Waals surface area contributed by atoms with Crippen LogP contribution in [0.2, 0.25) is 0 Å². The molecule has 0 fully saturated rings. The first-order valence-corrected chi connectivity index (χ1v) is 7.96. The molecular formula is C20H16F6O3. The molecule has 9 heteroatoms. The molecule has 2 rings (SSSR count). The van der Waals surface area contributed by atoms with Gasteiger partial charge in [-0.05, 0) is 47.9 Å². The number of carbonyl (C=O) groups is 1. The molecule has 0 spiro atoms. The molecule has 0 bridgehead atoms. The van der Waals surface area contributed by atoms with Crippen LogP contribution in [0.3, 0.4) is 0 Å². The van der Waals surface area contributed by atoms with E-state index in [1.807, 2.05) is 0 Å². The van der Waals surface area contributed by atoms with Gasteiger partial charge in [0.2, 0.25) is 0 Å². The van der Waals surface area contributed by atoms with Crippen molar-refractivity contribution in [2.45, 2.75) is 19.3 Å². The van der Waals surface area contributed by atoms with Crippen LogP contribution in [-0.4, -0.2) is 16.4 Å². The number of alkyl halides is 6. The van der Waals surface area contributed by atoms with Gasteiger partial charge in [0.05, 0.1) is 11.1 Å². The number of rotatable bonds is 3. The topological polar surface area (TPSA) is 57.5 Å². The Morgan fingerprint density at radius 3 is 1.52 bits per heavy atom. The van der Waals surface area contributed by atoms with Crippen molar-refractivity contribution in [1.82, 2.24) is 0 Å². The summed E-state index contributed by atoms with van der Waals surface area (Å²) in [6.07, 6.45) is -6.20. The van der Waals surface area contributed by atoms with E-state index >= 15 is 0 Å². The van der Waals surface area contributed by atoms with Gasteiger partial charge < -0.3 is 10.2 Å². The predicted octanol–water partition coefficient (Wildman–Crippen LogP) is 6.95. The summed E-state index contributed by atoms with van der Waals surface area (Å²) in [5, 5.41) is 13.9. The Hall–Kier alpha value is -3.23. The Balaban J connectivity index is 0.000000960. The second kappa shape index (κ2) is 9.81. The van der Waals surface area contributed by atoms with Crippen molar-refractivity contribution in [2.75, 3.05) is 0 Å². The van der Waals surface area contributed by atoms with Crippen LogP contribution in [0.25, 0.3) is 5.57 Å². The smallest absolute Gasteiger partial charge is 0.450 e. The lowest BCUT2D eigenvalue weighted by molar-refractivity contribution is -0.138. The van der Waals surface area contributed by atoms with E-state index in [1.54, 1.807) is 19.1 Å². The Bertz CT molecular complexity index is 832. The number of hydrogen-bond acceptors (Lipinski definition) is 1. The van der Waals surface area contributed by atoms with Crippen LogP contribution in [0, 0.1) is 0 Å². The van der Waals surface area contributed by atoms with Crippen LogP contribution in [-0.2, 0) is 12.4 Å². The van der Waals surface area contributed by atoms with Gasteiger partial charge in [-0.3, -0.25) is 0 Å². The maximum atomic E-state index is 12.9. The molecule has 2 aromatic rings. The molecule has 0 amide bonds. The first-order valence-electron chi connectivity index (χ1n) is 7.96. The van der Waals surface area contributed by atoms with E-state index in [2.05, 4.69) is 0 Å². The molecule has 0 radical (unpaired) electrons. The fourth-order valence-corrected chi connectivity index (χ4v) is 2.28. The third-order valence-electron chi connectivity index (χ3n) is 3.46. The van der Waals surface area contributed by atoms with Crippen LogP contribution in [0.15, 0.2) is 66.8 Å². The van der Waals surface area contributed by atoms with E-state index in [0.29, 0.717) is 0 Å². The monoisotopic (exact) mass is 418 g/mol. The molecular weight excluding hydrogens is 402 g/mol. The lowest BCUT2D eigenvalue weighted by Crippen LogP contribution is -2.06. The number of benzene rings is 2. The van der Waals surface area contributed by atoms with Crippen LogP contribution in [0.4, 0.5) is 31.1 Å². The van der Waals surface area contributed by atoms with Gasteiger partial charge in [0, 0.05) is 0 Å². The van der Waals surface area contributed by atoms with Crippen molar-refractivity contribution >= 4 is 11.7 Å². The second-order valence-electron chi connectivity index (χ2n) is 5.55. The van der Waals surface area contributed by atoms with Gasteiger partial charge in [-0.25, -0.2) is 4.79 Å². The van der Waals surface area contributed by atoms with Gasteiger partial charge in [0.15, 0.2) is 0 Å². The summed E-state index contributed by atoms with van der Waals surface area (Å²) in [6, 6.07) is 9.03. The second-order valence-corrected chi connectivity index (χ2v) is 5.55. The van der Waals surface area contributed by atoms with Crippen LogP contribution in [0.1, 0.15) is 29.2 Å². The summed E-state index contributed by atoms with van der Waals surface area (Å²) in [7, 11) is 0. The number of halogens is 6. The van der Waals surface area contributed by atoms with Gasteiger partial charge in [-0.1, -0.05) is 42.5 Å². The maximum absolute atomic E-state index is 12.9. The highest BCUT2D eigenvalue weighted by atomic mass is 19.4. The molecule has 0 saturated carbocycles. The zero-order valence-electron chi connectivity index (χ0n) is 14.9. The molecule has 2 aromatic carbocycles. The van der Waals surface area contributed by atoms with Crippen molar-refractivity contribution in [3.63, 3.8) is 0 Å². The molecule has 3 nitrogen and oxygen atoms in total. The summed E-state index contributed by atoms with van der Waals surface area (Å²) in [6.45, 7) is 1.70. The van der Waals surface area contributed by atoms with Crippen molar-refractivity contribution in [3.8, 4) is 0 Å². The first-order chi connectivity index (χ1) is 13.4. The van der Waals surface area contributed by atoms with Crippen LogP contribution < -0.4 is 0 Å². The van der Waals surface area contributed by atoms with Gasteiger partial charge in [-0.15, -0.1) is 0 Å². The van der Waals surface area contributed by atoms with Crippen molar-refractivity contribution < 1.29 is 41.4 Å². The summed E-state index contributed by atoms with van der Waals surface area (Å²) in [5.74, 6) is 0. The first kappa shape index (κ1) is 23.8. The number of allylic oxidation sites excluding steroid dienone is 3. The number of carboxylic acid groups (broad SMARTS) is 2. The lowest BCUT2D eigenvalue weighted by atomic mass is 9.94. The maximum Gasteiger partial charge on any atom is 0.503 e. The normalized spacial score (nSPS) is 11.6. The summed E-state index contributed by atoms with van der Waals surface area (Å²) in [5.41, 5.74) is -1.07. The summed E-state index contributed by atoms with van der Waals surface area (Å²) >= 11 is 0. The summed E-state index contributed by atoms with van der Waals surface area (Å²) in [4.78, 5) is 8.56. The van der Waals surface area contributed by atoms with E-state index in [4.69, 9.17) is 15.0 Å². The molecule has 0 unspecified atom stereocenters. The standard InChI is InChI=1S/C19H14F6.CH2O3/c1-2-3-10-17(13-6-4-8-15(11-13)18(20,21)22)14-7-5-9-16(12-14)19(23,24)25;2-1(3)4/h2-12H,1H3;(H2,2,3,4)/b3-2+;. The zero-order chi connectivity index (χ0) is 22.2. The molecule has 0 aliphatic heterocycles. The van der Waals surface area contributed by atoms with Crippen molar-refractivity contribution in [3.05, 3.63) is 89.0 Å². The minimum atomic E-state index is -4.53. The van der Waals surface area contributed by atoms with Crippen LogP contribution in [0.5, 0.6) is 0 Å². The molecule has 156 valence electrons. The third kappa shape index (κ3) is 7.73. The average molecular weight is 418 g/mol. The van der Waals surface area contributed by atoms with Crippen LogP contribution >= 0.6 is 0 Å². The lowest BCUT2D eigenvalue weighted by Gasteiger charge is -2.14. The predicted molar refractivity (Wildman–Crippen MR) is 95.4 cm³/mol. The minimum Gasteiger partial charge on any atom is -0.450 e.